The summed E-state index contributed by atoms with van der Waals surface area (Å²) in [6.07, 6.45) is 10.4. The van der Waals surface area contributed by atoms with Gasteiger partial charge in [-0.15, -0.1) is 0 Å². The van der Waals surface area contributed by atoms with Crippen molar-refractivity contribution in [1.29, 1.82) is 0 Å². The Morgan fingerprint density at radius 1 is 0.845 bits per heavy atom. The predicted octanol–water partition coefficient (Wildman–Crippen LogP) is 6.50. The second-order valence-corrected chi connectivity index (χ2v) is 16.5. The van der Waals surface area contributed by atoms with E-state index in [4.69, 9.17) is 4.74 Å². The lowest BCUT2D eigenvalue weighted by Gasteiger charge is -2.39. The highest BCUT2D eigenvalue weighted by Gasteiger charge is 2.34. The summed E-state index contributed by atoms with van der Waals surface area (Å²) >= 11 is 0. The molecule has 0 spiro atoms. The monoisotopic (exact) mass is 798 g/mol. The van der Waals surface area contributed by atoms with E-state index in [0.29, 0.717) is 60.0 Å². The first-order valence-corrected chi connectivity index (χ1v) is 20.9. The molecule has 58 heavy (non-hydrogen) atoms. The number of hydrogen-bond donors (Lipinski definition) is 3. The van der Waals surface area contributed by atoms with E-state index in [9.17, 15) is 23.6 Å². The van der Waals surface area contributed by atoms with Gasteiger partial charge in [-0.25, -0.2) is 23.5 Å². The molecule has 1 aromatic heterocycles. The first kappa shape index (κ1) is 39.5. The second-order valence-electron chi connectivity index (χ2n) is 16.5. The largest absolute Gasteiger partial charge is 0.449 e. The van der Waals surface area contributed by atoms with Crippen LogP contribution >= 0.6 is 0 Å². The quantitative estimate of drug-likeness (QED) is 0.194. The molecule has 1 saturated carbocycles. The standard InChI is InChI=1S/C43H52F2N8O5/c44-34-25-32(47-36-10-12-38(54)49-40(36)55)9-11-37(34)51-18-13-27(14-19-51)23-28-15-20-52(21-16-28)41(56)29-5-7-31(8-6-29)48-42-46-26-35(45)39(50-42)30-3-1-4-33(24-30)53-17-2-22-58-43(53)57/h1,3-4,9,11,24-29,31,36,47H,2,5-8,10,12-23H2,(H,46,48,50)(H,49,54,55). The number of aromatic nitrogens is 2. The summed E-state index contributed by atoms with van der Waals surface area (Å²) in [6, 6.07) is 11.6. The number of anilines is 4. The minimum absolute atomic E-state index is 0.00415. The van der Waals surface area contributed by atoms with Crippen LogP contribution in [0.5, 0.6) is 0 Å². The smallest absolute Gasteiger partial charge is 0.414 e. The van der Waals surface area contributed by atoms with Gasteiger partial charge >= 0.3 is 6.09 Å². The van der Waals surface area contributed by atoms with E-state index in [1.54, 1.807) is 41.3 Å². The molecule has 8 rings (SSSR count). The molecule has 308 valence electrons. The Balaban J connectivity index is 0.755. The third-order valence-electron chi connectivity index (χ3n) is 12.6. The third kappa shape index (κ3) is 9.18. The van der Waals surface area contributed by atoms with Crippen molar-refractivity contribution >= 4 is 46.8 Å². The molecule has 3 aromatic rings. The van der Waals surface area contributed by atoms with Crippen molar-refractivity contribution in [2.24, 2.45) is 17.8 Å². The van der Waals surface area contributed by atoms with Gasteiger partial charge in [0.05, 0.1) is 18.5 Å². The number of likely N-dealkylation sites (tertiary alicyclic amines) is 1. The maximum absolute atomic E-state index is 15.2. The van der Waals surface area contributed by atoms with Crippen molar-refractivity contribution in [3.63, 3.8) is 0 Å². The summed E-state index contributed by atoms with van der Waals surface area (Å²) in [5.74, 6) is 0.211. The van der Waals surface area contributed by atoms with Gasteiger partial charge in [0.2, 0.25) is 23.7 Å². The van der Waals surface area contributed by atoms with Gasteiger partial charge in [0, 0.05) is 68.0 Å². The number of hydrogen-bond acceptors (Lipinski definition) is 10. The highest BCUT2D eigenvalue weighted by molar-refractivity contribution is 6.01. The van der Waals surface area contributed by atoms with Crippen molar-refractivity contribution in [3.05, 3.63) is 60.3 Å². The van der Waals surface area contributed by atoms with Gasteiger partial charge in [-0.1, -0.05) is 12.1 Å². The summed E-state index contributed by atoms with van der Waals surface area (Å²) in [7, 11) is 0. The van der Waals surface area contributed by atoms with Crippen molar-refractivity contribution in [2.45, 2.75) is 89.1 Å². The summed E-state index contributed by atoms with van der Waals surface area (Å²) in [4.78, 5) is 63.8. The van der Waals surface area contributed by atoms with E-state index in [1.165, 1.54) is 12.3 Å². The van der Waals surface area contributed by atoms with Gasteiger partial charge in [0.1, 0.15) is 17.6 Å². The fourth-order valence-electron chi connectivity index (χ4n) is 9.33. The van der Waals surface area contributed by atoms with Crippen LogP contribution in [0, 0.1) is 29.4 Å². The Kier molecular flexibility index (Phi) is 12.0. The zero-order chi connectivity index (χ0) is 40.2. The maximum Gasteiger partial charge on any atom is 0.414 e. The number of imide groups is 1. The molecular weight excluding hydrogens is 747 g/mol. The first-order valence-electron chi connectivity index (χ1n) is 20.9. The molecule has 4 saturated heterocycles. The average molecular weight is 799 g/mol. The summed E-state index contributed by atoms with van der Waals surface area (Å²) in [5, 5.41) is 8.75. The lowest BCUT2D eigenvalue weighted by atomic mass is 9.81. The molecule has 4 aliphatic heterocycles. The average Bonchev–Trinajstić information content (AvgIpc) is 3.23. The zero-order valence-corrected chi connectivity index (χ0v) is 32.8. The fourth-order valence-corrected chi connectivity index (χ4v) is 9.33. The summed E-state index contributed by atoms with van der Waals surface area (Å²) < 4.78 is 35.4. The van der Waals surface area contributed by atoms with Crippen LogP contribution in [-0.4, -0.2) is 90.1 Å². The molecule has 4 amide bonds. The number of rotatable bonds is 10. The van der Waals surface area contributed by atoms with Crippen LogP contribution in [0.1, 0.15) is 77.0 Å². The Morgan fingerprint density at radius 3 is 2.33 bits per heavy atom. The van der Waals surface area contributed by atoms with Gasteiger partial charge in [0.15, 0.2) is 5.82 Å². The van der Waals surface area contributed by atoms with Crippen LogP contribution in [0.2, 0.25) is 0 Å². The molecule has 1 unspecified atom stereocenters. The van der Waals surface area contributed by atoms with Crippen molar-refractivity contribution < 1.29 is 32.7 Å². The molecule has 13 nitrogen and oxygen atoms in total. The topological polar surface area (TPSA) is 149 Å². The van der Waals surface area contributed by atoms with Gasteiger partial charge in [-0.3, -0.25) is 24.6 Å². The summed E-state index contributed by atoms with van der Waals surface area (Å²) in [5.41, 5.74) is 2.42. The number of nitrogens with one attached hydrogen (secondary N) is 3. The molecule has 1 atom stereocenters. The molecule has 2 aromatic carbocycles. The predicted molar refractivity (Wildman–Crippen MR) is 215 cm³/mol. The Labute approximate surface area is 337 Å². The molecule has 5 aliphatic rings. The van der Waals surface area contributed by atoms with E-state index in [-0.39, 0.29) is 47.6 Å². The van der Waals surface area contributed by atoms with Gasteiger partial charge < -0.3 is 25.2 Å². The molecule has 0 bridgehead atoms. The minimum Gasteiger partial charge on any atom is -0.449 e. The molecule has 5 heterocycles. The van der Waals surface area contributed by atoms with E-state index in [0.717, 1.165) is 90.4 Å². The fraction of sp³-hybridized carbons (Fsp3) is 0.535. The van der Waals surface area contributed by atoms with Crippen molar-refractivity contribution in [1.82, 2.24) is 20.2 Å². The molecule has 1 aliphatic carbocycles. The highest BCUT2D eigenvalue weighted by Crippen LogP contribution is 2.35. The molecule has 5 fully saturated rings. The van der Waals surface area contributed by atoms with Gasteiger partial charge in [0.25, 0.3) is 0 Å². The number of carbonyl (C=O) groups is 4. The maximum atomic E-state index is 15.2. The molecule has 15 heteroatoms. The number of ether oxygens (including phenoxy) is 1. The van der Waals surface area contributed by atoms with Crippen LogP contribution in [0.3, 0.4) is 0 Å². The van der Waals surface area contributed by atoms with Crippen LogP contribution in [0.4, 0.5) is 36.6 Å². The number of cyclic esters (lactones) is 1. The molecule has 0 radical (unpaired) electrons. The normalized spacial score (nSPS) is 23.7. The lowest BCUT2D eigenvalue weighted by Crippen LogP contribution is -2.47. The SMILES string of the molecule is O=C1CCC(Nc2ccc(N3CCC(CC4CCN(C(=O)C5CCC(Nc6ncc(F)c(-c7cccc(N8CCCOC8=O)c7)n6)CC5)CC4)CC3)c(F)c2)C(=O)N1. The van der Waals surface area contributed by atoms with Crippen LogP contribution in [-0.2, 0) is 19.1 Å². The van der Waals surface area contributed by atoms with Crippen LogP contribution in [0.15, 0.2) is 48.7 Å². The minimum atomic E-state index is -0.554. The third-order valence-corrected chi connectivity index (χ3v) is 12.6. The first-order chi connectivity index (χ1) is 28.2. The molecular formula is C43H52F2N8O5. The van der Waals surface area contributed by atoms with E-state index >= 15 is 4.39 Å². The number of carbonyl (C=O) groups excluding carboxylic acids is 4. The molecule has 3 N–H and O–H groups in total. The van der Waals surface area contributed by atoms with Crippen molar-refractivity contribution in [2.75, 3.05) is 59.8 Å². The number of benzene rings is 2. The van der Waals surface area contributed by atoms with Crippen molar-refractivity contribution in [3.8, 4) is 11.3 Å². The Morgan fingerprint density at radius 2 is 1.60 bits per heavy atom. The van der Waals surface area contributed by atoms with Crippen LogP contribution in [0.25, 0.3) is 11.3 Å². The number of nitrogens with zero attached hydrogens (tertiary/aromatic N) is 5. The van der Waals surface area contributed by atoms with E-state index in [1.807, 2.05) is 0 Å². The van der Waals surface area contributed by atoms with Crippen LogP contribution < -0.4 is 25.8 Å². The van der Waals surface area contributed by atoms with Gasteiger partial charge in [-0.05, 0) is 113 Å². The van der Waals surface area contributed by atoms with E-state index in [2.05, 4.69) is 35.7 Å². The Hall–Kier alpha value is -5.34. The number of piperidine rings is 3. The lowest BCUT2D eigenvalue weighted by molar-refractivity contribution is -0.138. The van der Waals surface area contributed by atoms with Gasteiger partial charge in [-0.2, -0.15) is 0 Å². The second kappa shape index (κ2) is 17.7. The van der Waals surface area contributed by atoms with E-state index < -0.39 is 18.0 Å². The summed E-state index contributed by atoms with van der Waals surface area (Å²) in [6.45, 7) is 4.08. The Bertz CT molecular complexity index is 1990. The highest BCUT2D eigenvalue weighted by atomic mass is 19.1. The number of halogens is 2. The number of amides is 4. The zero-order valence-electron chi connectivity index (χ0n) is 32.8.